The molecule has 0 saturated carbocycles. The second-order valence-electron chi connectivity index (χ2n) is 7.39. The maximum absolute atomic E-state index is 5.50. The van der Waals surface area contributed by atoms with E-state index in [9.17, 15) is 0 Å². The number of rotatable bonds is 8. The minimum atomic E-state index is -1.42. The molecular formula is C23H38OSi2. The van der Waals surface area contributed by atoms with Gasteiger partial charge in [0.2, 0.25) is 0 Å². The predicted molar refractivity (Wildman–Crippen MR) is 122 cm³/mol. The molecular weight excluding hydrogens is 348 g/mol. The smallest absolute Gasteiger partial charge is 0.138 e. The SMILES string of the molecule is CC[Si](C#CC1=CCC(C#C[Si](CC)(CC)CC)=C1COC)(CC)CC. The maximum atomic E-state index is 5.50. The molecule has 1 aliphatic carbocycles. The fourth-order valence-electron chi connectivity index (χ4n) is 3.61. The van der Waals surface area contributed by atoms with Crippen LogP contribution in [0.25, 0.3) is 0 Å². The molecule has 1 nitrogen and oxygen atoms in total. The first-order valence-electron chi connectivity index (χ1n) is 10.5. The first-order chi connectivity index (χ1) is 12.5. The molecule has 0 amide bonds. The van der Waals surface area contributed by atoms with Gasteiger partial charge in [0.15, 0.2) is 0 Å². The fraction of sp³-hybridized carbons (Fsp3) is 0.652. The van der Waals surface area contributed by atoms with E-state index in [0.717, 1.165) is 6.42 Å². The van der Waals surface area contributed by atoms with E-state index in [1.165, 1.54) is 53.0 Å². The number of hydrogen-bond acceptors (Lipinski definition) is 1. The Morgan fingerprint density at radius 3 is 1.69 bits per heavy atom. The van der Waals surface area contributed by atoms with Crippen molar-refractivity contribution in [1.82, 2.24) is 0 Å². The zero-order chi connectivity index (χ0) is 19.6. The van der Waals surface area contributed by atoms with Crippen molar-refractivity contribution in [3.8, 4) is 22.9 Å². The summed E-state index contributed by atoms with van der Waals surface area (Å²) in [6.45, 7) is 14.5. The van der Waals surface area contributed by atoms with Crippen molar-refractivity contribution in [1.29, 1.82) is 0 Å². The summed E-state index contributed by atoms with van der Waals surface area (Å²) in [5.41, 5.74) is 11.1. The quantitative estimate of drug-likeness (QED) is 0.348. The molecule has 0 bridgehead atoms. The highest BCUT2D eigenvalue weighted by atomic mass is 28.3. The zero-order valence-corrected chi connectivity index (χ0v) is 20.1. The predicted octanol–water partition coefficient (Wildman–Crippen LogP) is 6.36. The average molecular weight is 387 g/mol. The van der Waals surface area contributed by atoms with Crippen LogP contribution in [0.1, 0.15) is 48.0 Å². The molecule has 0 saturated heterocycles. The summed E-state index contributed by atoms with van der Waals surface area (Å²) in [5.74, 6) is 7.14. The zero-order valence-electron chi connectivity index (χ0n) is 18.1. The Balaban J connectivity index is 3.21. The second kappa shape index (κ2) is 11.0. The summed E-state index contributed by atoms with van der Waals surface area (Å²) in [7, 11) is -1.06. The van der Waals surface area contributed by atoms with Gasteiger partial charge in [-0.2, -0.15) is 0 Å². The molecule has 0 spiro atoms. The van der Waals surface area contributed by atoms with Crippen molar-refractivity contribution in [3.05, 3.63) is 22.8 Å². The van der Waals surface area contributed by atoms with Gasteiger partial charge in [0.1, 0.15) is 16.1 Å². The van der Waals surface area contributed by atoms with Crippen molar-refractivity contribution in [2.45, 2.75) is 84.2 Å². The van der Waals surface area contributed by atoms with Gasteiger partial charge >= 0.3 is 0 Å². The molecule has 0 aliphatic heterocycles. The van der Waals surface area contributed by atoms with Crippen LogP contribution in [0.3, 0.4) is 0 Å². The Kier molecular flexibility index (Phi) is 9.73. The largest absolute Gasteiger partial charge is 0.380 e. The number of hydrogen-bond donors (Lipinski definition) is 0. The standard InChI is InChI=1S/C23H38OSi2/c1-8-25(9-2,10-3)18-16-21-14-15-22(23(21)20-24-7)17-19-26(11-4,12-5)13-6/h14H,8-13,15,20H2,1-7H3. The van der Waals surface area contributed by atoms with E-state index in [1.807, 2.05) is 0 Å². The van der Waals surface area contributed by atoms with E-state index in [2.05, 4.69) is 70.5 Å². The van der Waals surface area contributed by atoms with Gasteiger partial charge in [-0.05, 0) is 36.3 Å². The Morgan fingerprint density at radius 2 is 1.27 bits per heavy atom. The van der Waals surface area contributed by atoms with Crippen molar-refractivity contribution in [3.63, 3.8) is 0 Å². The highest BCUT2D eigenvalue weighted by Crippen LogP contribution is 2.28. The first kappa shape index (κ1) is 23.0. The van der Waals surface area contributed by atoms with Gasteiger partial charge in [-0.1, -0.05) is 59.5 Å². The van der Waals surface area contributed by atoms with Crippen molar-refractivity contribution in [2.24, 2.45) is 0 Å². The van der Waals surface area contributed by atoms with Crippen LogP contribution in [0.4, 0.5) is 0 Å². The highest BCUT2D eigenvalue weighted by molar-refractivity contribution is 6.87. The first-order valence-corrected chi connectivity index (χ1v) is 15.7. The molecule has 1 rings (SSSR count). The van der Waals surface area contributed by atoms with Gasteiger partial charge < -0.3 is 4.74 Å². The molecule has 0 heterocycles. The van der Waals surface area contributed by atoms with E-state index in [4.69, 9.17) is 4.74 Å². The molecule has 0 aromatic heterocycles. The third-order valence-corrected chi connectivity index (χ3v) is 15.9. The lowest BCUT2D eigenvalue weighted by Crippen LogP contribution is -2.29. The van der Waals surface area contributed by atoms with Crippen molar-refractivity contribution in [2.75, 3.05) is 13.7 Å². The monoisotopic (exact) mass is 386 g/mol. The second-order valence-corrected chi connectivity index (χ2v) is 17.3. The molecule has 0 N–H and O–H groups in total. The van der Waals surface area contributed by atoms with Gasteiger partial charge in [0, 0.05) is 30.2 Å². The molecule has 0 unspecified atom stereocenters. The van der Waals surface area contributed by atoms with Crippen LogP contribution in [0, 0.1) is 22.9 Å². The van der Waals surface area contributed by atoms with Crippen LogP contribution in [0.2, 0.25) is 36.3 Å². The van der Waals surface area contributed by atoms with Gasteiger partial charge in [-0.15, -0.1) is 11.1 Å². The van der Waals surface area contributed by atoms with Crippen LogP contribution >= 0.6 is 0 Å². The van der Waals surface area contributed by atoms with Crippen molar-refractivity contribution < 1.29 is 4.74 Å². The molecule has 1 aliphatic rings. The van der Waals surface area contributed by atoms with Crippen LogP contribution in [-0.4, -0.2) is 29.9 Å². The Bertz CT molecular complexity index is 625. The third kappa shape index (κ3) is 5.49. The normalized spacial score (nSPS) is 14.5. The summed E-state index contributed by atoms with van der Waals surface area (Å²) >= 11 is 0. The third-order valence-electron chi connectivity index (χ3n) is 6.49. The molecule has 0 atom stereocenters. The minimum Gasteiger partial charge on any atom is -0.380 e. The van der Waals surface area contributed by atoms with E-state index in [0.29, 0.717) is 6.61 Å². The van der Waals surface area contributed by atoms with Gasteiger partial charge in [-0.25, -0.2) is 0 Å². The van der Waals surface area contributed by atoms with E-state index in [1.54, 1.807) is 7.11 Å². The molecule has 0 fully saturated rings. The summed E-state index contributed by atoms with van der Waals surface area (Å²) < 4.78 is 5.50. The Hall–Kier alpha value is -1.01. The summed E-state index contributed by atoms with van der Waals surface area (Å²) in [6, 6.07) is 7.47. The number of methoxy groups -OCH3 is 1. The fourth-order valence-corrected chi connectivity index (χ4v) is 8.49. The maximum Gasteiger partial charge on any atom is 0.138 e. The molecule has 0 aromatic carbocycles. The van der Waals surface area contributed by atoms with Gasteiger partial charge in [-0.3, -0.25) is 0 Å². The summed E-state index contributed by atoms with van der Waals surface area (Å²) in [5, 5.41) is 0. The highest BCUT2D eigenvalue weighted by Gasteiger charge is 2.26. The average Bonchev–Trinajstić information content (AvgIpc) is 3.07. The summed E-state index contributed by atoms with van der Waals surface area (Å²) in [4.78, 5) is 0. The van der Waals surface area contributed by atoms with E-state index >= 15 is 0 Å². The summed E-state index contributed by atoms with van der Waals surface area (Å²) in [6.07, 6.45) is 3.20. The van der Waals surface area contributed by atoms with Crippen LogP contribution in [0.15, 0.2) is 22.8 Å². The van der Waals surface area contributed by atoms with Crippen molar-refractivity contribution >= 4 is 16.1 Å². The molecule has 144 valence electrons. The Labute approximate surface area is 164 Å². The molecule has 26 heavy (non-hydrogen) atoms. The van der Waals surface area contributed by atoms with Gasteiger partial charge in [0.05, 0.1) is 6.61 Å². The lowest BCUT2D eigenvalue weighted by Gasteiger charge is -2.20. The number of allylic oxidation sites excluding steroid dienone is 2. The lowest BCUT2D eigenvalue weighted by atomic mass is 10.1. The van der Waals surface area contributed by atoms with Crippen LogP contribution in [0.5, 0.6) is 0 Å². The Morgan fingerprint density at radius 1 is 0.808 bits per heavy atom. The molecule has 0 radical (unpaired) electrons. The lowest BCUT2D eigenvalue weighted by molar-refractivity contribution is 0.227. The minimum absolute atomic E-state index is 0.627. The molecule has 3 heteroatoms. The van der Waals surface area contributed by atoms with Crippen LogP contribution in [-0.2, 0) is 4.74 Å². The van der Waals surface area contributed by atoms with Crippen LogP contribution < -0.4 is 0 Å². The number of ether oxygens (including phenoxy) is 1. The van der Waals surface area contributed by atoms with E-state index in [-0.39, 0.29) is 0 Å². The topological polar surface area (TPSA) is 9.23 Å². The molecule has 0 aromatic rings. The van der Waals surface area contributed by atoms with Gasteiger partial charge in [0.25, 0.3) is 0 Å². The van der Waals surface area contributed by atoms with E-state index < -0.39 is 16.1 Å².